The van der Waals surface area contributed by atoms with E-state index >= 15 is 0 Å². The summed E-state index contributed by atoms with van der Waals surface area (Å²) in [6.45, 7) is 1.65. The van der Waals surface area contributed by atoms with Crippen LogP contribution < -0.4 is 5.73 Å². The van der Waals surface area contributed by atoms with Gasteiger partial charge in [-0.05, 0) is 47.0 Å². The van der Waals surface area contributed by atoms with Crippen molar-refractivity contribution in [2.75, 3.05) is 6.54 Å². The summed E-state index contributed by atoms with van der Waals surface area (Å²) in [5, 5.41) is 3.63. The molecule has 0 aliphatic heterocycles. The molecule has 2 heterocycles. The lowest BCUT2D eigenvalue weighted by molar-refractivity contribution is 0.807. The fraction of sp³-hybridized carbons (Fsp3) is 0.200. The SMILES string of the molecule is NCCc1ccn(Cc2csc3ccccc23)c1. The van der Waals surface area contributed by atoms with Gasteiger partial charge in [-0.25, -0.2) is 0 Å². The molecule has 0 saturated carbocycles. The Hall–Kier alpha value is -1.58. The van der Waals surface area contributed by atoms with Crippen LogP contribution in [0.25, 0.3) is 10.1 Å². The van der Waals surface area contributed by atoms with Gasteiger partial charge in [0, 0.05) is 23.6 Å². The minimum atomic E-state index is 0.714. The smallest absolute Gasteiger partial charge is 0.0484 e. The lowest BCUT2D eigenvalue weighted by Crippen LogP contribution is -2.02. The third-order valence-corrected chi connectivity index (χ3v) is 4.17. The monoisotopic (exact) mass is 256 g/mol. The summed E-state index contributed by atoms with van der Waals surface area (Å²) in [6, 6.07) is 10.7. The van der Waals surface area contributed by atoms with Crippen LogP contribution in [-0.2, 0) is 13.0 Å². The van der Waals surface area contributed by atoms with E-state index in [0.717, 1.165) is 13.0 Å². The summed E-state index contributed by atoms with van der Waals surface area (Å²) >= 11 is 1.82. The van der Waals surface area contributed by atoms with Crippen LogP contribution in [-0.4, -0.2) is 11.1 Å². The number of nitrogens with two attached hydrogens (primary N) is 1. The molecular formula is C15H16N2S. The summed E-state index contributed by atoms with van der Waals surface area (Å²) in [5.74, 6) is 0. The first-order valence-electron chi connectivity index (χ1n) is 6.16. The number of nitrogens with zero attached hydrogens (tertiary/aromatic N) is 1. The standard InChI is InChI=1S/C15H16N2S/c16-7-5-12-6-8-17(9-12)10-13-11-18-15-4-2-1-3-14(13)15/h1-4,6,8-9,11H,5,7,10,16H2. The Morgan fingerprint density at radius 2 is 2.06 bits per heavy atom. The Morgan fingerprint density at radius 1 is 1.17 bits per heavy atom. The average molecular weight is 256 g/mol. The maximum Gasteiger partial charge on any atom is 0.0484 e. The van der Waals surface area contributed by atoms with Crippen molar-refractivity contribution in [2.45, 2.75) is 13.0 Å². The Balaban J connectivity index is 1.87. The second kappa shape index (κ2) is 4.96. The van der Waals surface area contributed by atoms with E-state index in [1.807, 2.05) is 11.3 Å². The van der Waals surface area contributed by atoms with Gasteiger partial charge in [0.2, 0.25) is 0 Å². The topological polar surface area (TPSA) is 30.9 Å². The summed E-state index contributed by atoms with van der Waals surface area (Å²) in [5.41, 5.74) is 8.28. The molecule has 92 valence electrons. The second-order valence-corrected chi connectivity index (χ2v) is 5.40. The maximum atomic E-state index is 5.57. The molecule has 2 N–H and O–H groups in total. The van der Waals surface area contributed by atoms with Crippen molar-refractivity contribution >= 4 is 21.4 Å². The van der Waals surface area contributed by atoms with E-state index in [9.17, 15) is 0 Å². The fourth-order valence-corrected chi connectivity index (χ4v) is 3.21. The number of fused-ring (bicyclic) bond motifs is 1. The summed E-state index contributed by atoms with van der Waals surface area (Å²) in [7, 11) is 0. The number of hydrogen-bond acceptors (Lipinski definition) is 2. The van der Waals surface area contributed by atoms with Gasteiger partial charge in [-0.15, -0.1) is 11.3 Å². The lowest BCUT2D eigenvalue weighted by atomic mass is 10.2. The van der Waals surface area contributed by atoms with Gasteiger partial charge in [0.25, 0.3) is 0 Å². The molecule has 3 rings (SSSR count). The van der Waals surface area contributed by atoms with Crippen LogP contribution in [0.1, 0.15) is 11.1 Å². The molecule has 0 unspecified atom stereocenters. The van der Waals surface area contributed by atoms with Crippen LogP contribution >= 0.6 is 11.3 Å². The molecule has 0 radical (unpaired) electrons. The van der Waals surface area contributed by atoms with Crippen LogP contribution in [0.2, 0.25) is 0 Å². The molecule has 3 heteroatoms. The summed E-state index contributed by atoms with van der Waals surface area (Å²) in [6.07, 6.45) is 5.29. The van der Waals surface area contributed by atoms with Gasteiger partial charge in [0.05, 0.1) is 0 Å². The number of hydrogen-bond donors (Lipinski definition) is 1. The maximum absolute atomic E-state index is 5.57. The number of thiophene rings is 1. The van der Waals surface area contributed by atoms with Gasteiger partial charge >= 0.3 is 0 Å². The zero-order chi connectivity index (χ0) is 12.4. The van der Waals surface area contributed by atoms with Gasteiger partial charge in [-0.3, -0.25) is 0 Å². The van der Waals surface area contributed by atoms with E-state index in [2.05, 4.69) is 52.7 Å². The Kier molecular flexibility index (Phi) is 3.17. The van der Waals surface area contributed by atoms with E-state index in [1.54, 1.807) is 0 Å². The number of aromatic nitrogens is 1. The van der Waals surface area contributed by atoms with Crippen molar-refractivity contribution < 1.29 is 0 Å². The summed E-state index contributed by atoms with van der Waals surface area (Å²) < 4.78 is 3.60. The molecule has 0 bridgehead atoms. The Bertz CT molecular complexity index is 651. The van der Waals surface area contributed by atoms with E-state index in [4.69, 9.17) is 5.73 Å². The molecule has 3 aromatic rings. The van der Waals surface area contributed by atoms with Crippen molar-refractivity contribution in [3.63, 3.8) is 0 Å². The number of rotatable bonds is 4. The third kappa shape index (κ3) is 2.19. The van der Waals surface area contributed by atoms with E-state index in [0.29, 0.717) is 6.54 Å². The van der Waals surface area contributed by atoms with Crippen molar-refractivity contribution in [3.8, 4) is 0 Å². The highest BCUT2D eigenvalue weighted by molar-refractivity contribution is 7.17. The fourth-order valence-electron chi connectivity index (χ4n) is 2.26. The molecule has 0 aliphatic carbocycles. The van der Waals surface area contributed by atoms with Gasteiger partial charge in [-0.1, -0.05) is 18.2 Å². The zero-order valence-corrected chi connectivity index (χ0v) is 11.0. The van der Waals surface area contributed by atoms with Gasteiger partial charge in [0.15, 0.2) is 0 Å². The minimum absolute atomic E-state index is 0.714. The van der Waals surface area contributed by atoms with Crippen molar-refractivity contribution in [2.24, 2.45) is 5.73 Å². The summed E-state index contributed by atoms with van der Waals surface area (Å²) in [4.78, 5) is 0. The largest absolute Gasteiger partial charge is 0.350 e. The van der Waals surface area contributed by atoms with E-state index < -0.39 is 0 Å². The normalized spacial score (nSPS) is 11.2. The highest BCUT2D eigenvalue weighted by Crippen LogP contribution is 2.26. The molecule has 0 spiro atoms. The molecule has 18 heavy (non-hydrogen) atoms. The van der Waals surface area contributed by atoms with Crippen LogP contribution in [0.4, 0.5) is 0 Å². The highest BCUT2D eigenvalue weighted by Gasteiger charge is 2.04. The predicted molar refractivity (Wildman–Crippen MR) is 78.1 cm³/mol. The quantitative estimate of drug-likeness (QED) is 0.763. The molecule has 0 atom stereocenters. The third-order valence-electron chi connectivity index (χ3n) is 3.16. The lowest BCUT2D eigenvalue weighted by Gasteiger charge is -2.01. The molecule has 0 saturated heterocycles. The van der Waals surface area contributed by atoms with Crippen LogP contribution in [0, 0.1) is 0 Å². The molecular weight excluding hydrogens is 240 g/mol. The first-order chi connectivity index (χ1) is 8.86. The van der Waals surface area contributed by atoms with E-state index in [1.165, 1.54) is 21.2 Å². The Labute approximate surface area is 111 Å². The second-order valence-electron chi connectivity index (χ2n) is 4.49. The van der Waals surface area contributed by atoms with Crippen LogP contribution in [0.15, 0.2) is 48.1 Å². The van der Waals surface area contributed by atoms with Gasteiger partial charge in [-0.2, -0.15) is 0 Å². The first-order valence-corrected chi connectivity index (χ1v) is 7.04. The van der Waals surface area contributed by atoms with Gasteiger partial charge in [0.1, 0.15) is 0 Å². The van der Waals surface area contributed by atoms with Crippen LogP contribution in [0.5, 0.6) is 0 Å². The Morgan fingerprint density at radius 3 is 2.94 bits per heavy atom. The molecule has 0 aliphatic rings. The van der Waals surface area contributed by atoms with E-state index in [-0.39, 0.29) is 0 Å². The molecule has 2 nitrogen and oxygen atoms in total. The van der Waals surface area contributed by atoms with Gasteiger partial charge < -0.3 is 10.3 Å². The average Bonchev–Trinajstić information content (AvgIpc) is 2.99. The number of benzene rings is 1. The van der Waals surface area contributed by atoms with Crippen molar-refractivity contribution in [1.82, 2.24) is 4.57 Å². The van der Waals surface area contributed by atoms with Crippen LogP contribution in [0.3, 0.4) is 0 Å². The zero-order valence-electron chi connectivity index (χ0n) is 10.2. The first kappa shape index (κ1) is 11.5. The minimum Gasteiger partial charge on any atom is -0.350 e. The molecule has 1 aromatic carbocycles. The predicted octanol–water partition coefficient (Wildman–Crippen LogP) is 3.25. The van der Waals surface area contributed by atoms with Crippen molar-refractivity contribution in [3.05, 3.63) is 59.2 Å². The molecule has 2 aromatic heterocycles. The van der Waals surface area contributed by atoms with Crippen molar-refractivity contribution in [1.29, 1.82) is 0 Å². The molecule has 0 fully saturated rings. The highest BCUT2D eigenvalue weighted by atomic mass is 32.1. The molecule has 0 amide bonds.